The van der Waals surface area contributed by atoms with Crippen LogP contribution in [0.2, 0.25) is 0 Å². The number of amides is 1. The first-order chi connectivity index (χ1) is 8.09. The van der Waals surface area contributed by atoms with E-state index < -0.39 is 0 Å². The Hall–Kier alpha value is -1.65. The Labute approximate surface area is 101 Å². The lowest BCUT2D eigenvalue weighted by molar-refractivity contribution is -0.135. The van der Waals surface area contributed by atoms with Crippen LogP contribution in [0.3, 0.4) is 0 Å². The predicted octanol–water partition coefficient (Wildman–Crippen LogP) is 1.38. The van der Waals surface area contributed by atoms with Crippen molar-refractivity contribution in [3.63, 3.8) is 0 Å². The maximum Gasteiger partial charge on any atom is 0.225 e. The van der Waals surface area contributed by atoms with Gasteiger partial charge in [0.1, 0.15) is 0 Å². The molecule has 1 aliphatic rings. The third-order valence-corrected chi connectivity index (χ3v) is 3.07. The molecule has 1 fully saturated rings. The van der Waals surface area contributed by atoms with Crippen molar-refractivity contribution in [3.05, 3.63) is 18.0 Å². The zero-order valence-corrected chi connectivity index (χ0v) is 10.3. The summed E-state index contributed by atoms with van der Waals surface area (Å²) in [5.74, 6) is 0.478. The molecule has 92 valence electrons. The van der Waals surface area contributed by atoms with Crippen molar-refractivity contribution < 1.29 is 4.79 Å². The second-order valence-corrected chi connectivity index (χ2v) is 4.68. The van der Waals surface area contributed by atoms with Crippen molar-refractivity contribution in [2.75, 3.05) is 12.3 Å². The van der Waals surface area contributed by atoms with Crippen LogP contribution in [0.1, 0.15) is 38.4 Å². The zero-order valence-electron chi connectivity index (χ0n) is 10.3. The summed E-state index contributed by atoms with van der Waals surface area (Å²) in [7, 11) is 0. The number of likely N-dealkylation sites (tertiary alicyclic amines) is 1. The lowest BCUT2D eigenvalue weighted by Crippen LogP contribution is -2.34. The number of carbonyl (C=O) groups is 1. The largest absolute Gasteiger partial charge is 0.368 e. The molecule has 2 heterocycles. The van der Waals surface area contributed by atoms with Crippen LogP contribution in [0.25, 0.3) is 0 Å². The summed E-state index contributed by atoms with van der Waals surface area (Å²) in [4.78, 5) is 22.1. The molecule has 1 aromatic rings. The quantitative estimate of drug-likeness (QED) is 0.839. The minimum absolute atomic E-state index is 0.0229. The van der Waals surface area contributed by atoms with Gasteiger partial charge in [-0.05, 0) is 18.9 Å². The number of carbonyl (C=O) groups excluding carboxylic acids is 1. The average Bonchev–Trinajstić information content (AvgIpc) is 2.76. The van der Waals surface area contributed by atoms with Gasteiger partial charge in [0.2, 0.25) is 11.9 Å². The van der Waals surface area contributed by atoms with E-state index in [1.165, 1.54) is 0 Å². The normalized spacial score (nSPS) is 19.9. The van der Waals surface area contributed by atoms with Crippen molar-refractivity contribution in [3.8, 4) is 0 Å². The van der Waals surface area contributed by atoms with E-state index in [-0.39, 0.29) is 23.8 Å². The molecular formula is C12H18N4O. The molecular weight excluding hydrogens is 216 g/mol. The Balaban J connectivity index is 2.23. The van der Waals surface area contributed by atoms with Gasteiger partial charge < -0.3 is 10.6 Å². The first-order valence-electron chi connectivity index (χ1n) is 5.98. The monoisotopic (exact) mass is 234 g/mol. The van der Waals surface area contributed by atoms with E-state index in [1.54, 1.807) is 6.20 Å². The van der Waals surface area contributed by atoms with E-state index in [9.17, 15) is 4.79 Å². The Morgan fingerprint density at radius 3 is 3.00 bits per heavy atom. The molecule has 1 unspecified atom stereocenters. The van der Waals surface area contributed by atoms with Crippen molar-refractivity contribution >= 4 is 11.9 Å². The van der Waals surface area contributed by atoms with Crippen molar-refractivity contribution in [2.45, 2.75) is 32.7 Å². The van der Waals surface area contributed by atoms with Gasteiger partial charge in [0.05, 0.1) is 11.7 Å². The van der Waals surface area contributed by atoms with E-state index in [0.29, 0.717) is 0 Å². The Bertz CT molecular complexity index is 419. The van der Waals surface area contributed by atoms with E-state index in [2.05, 4.69) is 9.97 Å². The van der Waals surface area contributed by atoms with Crippen LogP contribution in [0.4, 0.5) is 5.95 Å². The van der Waals surface area contributed by atoms with Gasteiger partial charge in [-0.1, -0.05) is 13.8 Å². The molecule has 1 aromatic heterocycles. The molecule has 0 spiro atoms. The number of anilines is 1. The summed E-state index contributed by atoms with van der Waals surface area (Å²) in [6, 6.07) is 1.91. The number of hydrogen-bond donors (Lipinski definition) is 1. The van der Waals surface area contributed by atoms with Crippen molar-refractivity contribution in [2.24, 2.45) is 5.92 Å². The first kappa shape index (κ1) is 11.8. The lowest BCUT2D eigenvalue weighted by Gasteiger charge is -2.26. The number of hydrogen-bond acceptors (Lipinski definition) is 4. The number of nitrogens with zero attached hydrogens (tertiary/aromatic N) is 3. The molecule has 5 heteroatoms. The van der Waals surface area contributed by atoms with Crippen LogP contribution in [0, 0.1) is 5.92 Å². The minimum Gasteiger partial charge on any atom is -0.368 e. The lowest BCUT2D eigenvalue weighted by atomic mass is 10.1. The molecule has 5 nitrogen and oxygen atoms in total. The summed E-state index contributed by atoms with van der Waals surface area (Å²) >= 11 is 0. The predicted molar refractivity (Wildman–Crippen MR) is 65.0 cm³/mol. The Morgan fingerprint density at radius 1 is 1.59 bits per heavy atom. The van der Waals surface area contributed by atoms with Gasteiger partial charge in [-0.15, -0.1) is 0 Å². The standard InChI is InChI=1S/C12H18N4O/c1-8(2)11(17)16-7-3-4-10(16)9-5-6-14-12(13)15-9/h5-6,8,10H,3-4,7H2,1-2H3,(H2,13,14,15). The molecule has 1 atom stereocenters. The fraction of sp³-hybridized carbons (Fsp3) is 0.583. The van der Waals surface area contributed by atoms with Crippen LogP contribution in [-0.2, 0) is 4.79 Å². The maximum atomic E-state index is 12.1. The molecule has 2 N–H and O–H groups in total. The molecule has 2 rings (SSSR count). The van der Waals surface area contributed by atoms with Gasteiger partial charge in [0.15, 0.2) is 0 Å². The van der Waals surface area contributed by atoms with Crippen LogP contribution >= 0.6 is 0 Å². The molecule has 0 saturated carbocycles. The zero-order chi connectivity index (χ0) is 12.4. The maximum absolute atomic E-state index is 12.1. The summed E-state index contributed by atoms with van der Waals surface area (Å²) in [6.45, 7) is 4.66. The van der Waals surface area contributed by atoms with Gasteiger partial charge in [-0.3, -0.25) is 4.79 Å². The second kappa shape index (κ2) is 4.69. The molecule has 1 saturated heterocycles. The highest BCUT2D eigenvalue weighted by Crippen LogP contribution is 2.31. The number of aromatic nitrogens is 2. The highest BCUT2D eigenvalue weighted by atomic mass is 16.2. The summed E-state index contributed by atoms with van der Waals surface area (Å²) in [5.41, 5.74) is 6.43. The smallest absolute Gasteiger partial charge is 0.225 e. The number of rotatable bonds is 2. The minimum atomic E-state index is 0.0229. The highest BCUT2D eigenvalue weighted by Gasteiger charge is 2.31. The van der Waals surface area contributed by atoms with Crippen molar-refractivity contribution in [1.29, 1.82) is 0 Å². The molecule has 0 aliphatic carbocycles. The first-order valence-corrected chi connectivity index (χ1v) is 5.98. The Kier molecular flexibility index (Phi) is 3.26. The molecule has 0 bridgehead atoms. The van der Waals surface area contributed by atoms with Gasteiger partial charge in [-0.25, -0.2) is 9.97 Å². The van der Waals surface area contributed by atoms with E-state index in [4.69, 9.17) is 5.73 Å². The fourth-order valence-corrected chi connectivity index (χ4v) is 2.24. The summed E-state index contributed by atoms with van der Waals surface area (Å²) < 4.78 is 0. The highest BCUT2D eigenvalue weighted by molar-refractivity contribution is 5.78. The van der Waals surface area contributed by atoms with Crippen LogP contribution in [-0.4, -0.2) is 27.3 Å². The topological polar surface area (TPSA) is 72.1 Å². The Morgan fingerprint density at radius 2 is 2.35 bits per heavy atom. The van der Waals surface area contributed by atoms with E-state index in [0.717, 1.165) is 25.1 Å². The molecule has 0 aromatic carbocycles. The second-order valence-electron chi connectivity index (χ2n) is 4.68. The van der Waals surface area contributed by atoms with Crippen LogP contribution in [0.15, 0.2) is 12.3 Å². The number of nitrogens with two attached hydrogens (primary N) is 1. The molecule has 17 heavy (non-hydrogen) atoms. The van der Waals surface area contributed by atoms with Crippen LogP contribution < -0.4 is 5.73 Å². The average molecular weight is 234 g/mol. The molecule has 1 aliphatic heterocycles. The molecule has 1 amide bonds. The third-order valence-electron chi connectivity index (χ3n) is 3.07. The molecule has 0 radical (unpaired) electrons. The third kappa shape index (κ3) is 2.38. The van der Waals surface area contributed by atoms with Crippen molar-refractivity contribution in [1.82, 2.24) is 14.9 Å². The fourth-order valence-electron chi connectivity index (χ4n) is 2.24. The van der Waals surface area contributed by atoms with E-state index >= 15 is 0 Å². The van der Waals surface area contributed by atoms with Crippen LogP contribution in [0.5, 0.6) is 0 Å². The van der Waals surface area contributed by atoms with Gasteiger partial charge >= 0.3 is 0 Å². The summed E-state index contributed by atoms with van der Waals surface area (Å²) in [5, 5.41) is 0. The van der Waals surface area contributed by atoms with Gasteiger partial charge in [-0.2, -0.15) is 0 Å². The summed E-state index contributed by atoms with van der Waals surface area (Å²) in [6.07, 6.45) is 3.62. The van der Waals surface area contributed by atoms with E-state index in [1.807, 2.05) is 24.8 Å². The SMILES string of the molecule is CC(C)C(=O)N1CCCC1c1ccnc(N)n1. The van der Waals surface area contributed by atoms with Gasteiger partial charge in [0.25, 0.3) is 0 Å². The number of nitrogen functional groups attached to an aromatic ring is 1. The van der Waals surface area contributed by atoms with Gasteiger partial charge in [0, 0.05) is 18.7 Å².